The molecule has 0 unspecified atom stereocenters. The van der Waals surface area contributed by atoms with Crippen LogP contribution in [0.25, 0.3) is 33.4 Å². The normalized spacial score (nSPS) is 13.3. The minimum atomic E-state index is -3.14. The van der Waals surface area contributed by atoms with E-state index in [2.05, 4.69) is 229 Å². The summed E-state index contributed by atoms with van der Waals surface area (Å²) in [7, 11) is 0. The van der Waals surface area contributed by atoms with E-state index in [-0.39, 0.29) is 46.5 Å². The van der Waals surface area contributed by atoms with Crippen LogP contribution in [-0.4, -0.2) is 3.21 Å². The maximum absolute atomic E-state index is 3.14. The standard InChI is InChI=1S/C33H33.C21H26.C5H5.2ClH.Zr/c1-32(2,3)30-20-26-24(18-28(30)22-13-9-7-10-14-22)17-25-19-29(23-15-11-8-12-16-23)31(21-27(25)26)33(4,5)6;1-20(2,3)18-11-7-16(8-12-18)15-17-9-13-19(14-10-17)21(4,5)6;1-2-4-5-3-1;;;/h7-16,18,20-21H,17H2,1-6H3;7-14H,1-6H3;1-3H,4H2;2*1H;/q;;;;;+2/p-2. The third-order valence-corrected chi connectivity index (χ3v) is 20.5. The molecule has 0 radical (unpaired) electrons. The van der Waals surface area contributed by atoms with Gasteiger partial charge in [-0.2, -0.15) is 0 Å². The number of rotatable bonds is 6. The summed E-state index contributed by atoms with van der Waals surface area (Å²) in [6, 6.07) is 49.8. The van der Waals surface area contributed by atoms with Gasteiger partial charge < -0.3 is 24.8 Å². The average Bonchev–Trinajstić information content (AvgIpc) is 3.87. The molecule has 2 aliphatic carbocycles. The van der Waals surface area contributed by atoms with E-state index in [1.807, 2.05) is 0 Å². The zero-order chi connectivity index (χ0) is 42.8. The molecular weight excluding hydrogens is 871 g/mol. The van der Waals surface area contributed by atoms with Crippen LogP contribution in [0.15, 0.2) is 149 Å². The summed E-state index contributed by atoms with van der Waals surface area (Å²) in [5.74, 6) is 0. The molecule has 0 bridgehead atoms. The smallest absolute Gasteiger partial charge is 1.00 e. The van der Waals surface area contributed by atoms with Gasteiger partial charge in [-0.3, -0.25) is 0 Å². The number of fused-ring (bicyclic) bond motifs is 3. The summed E-state index contributed by atoms with van der Waals surface area (Å²) < 4.78 is 4.88. The summed E-state index contributed by atoms with van der Waals surface area (Å²) in [5, 5.41) is 0. The molecule has 0 amide bonds. The van der Waals surface area contributed by atoms with E-state index in [0.717, 1.165) is 12.8 Å². The van der Waals surface area contributed by atoms with E-state index in [0.29, 0.717) is 0 Å². The monoisotopic (exact) mass is 932 g/mol. The first kappa shape index (κ1) is 47.6. The van der Waals surface area contributed by atoms with Gasteiger partial charge in [-0.25, -0.2) is 0 Å². The zero-order valence-electron chi connectivity index (χ0n) is 39.0. The Morgan fingerprint density at radius 3 is 1.42 bits per heavy atom. The molecule has 0 fully saturated rings. The summed E-state index contributed by atoms with van der Waals surface area (Å²) in [6.45, 7) is 28.4. The van der Waals surface area contributed by atoms with E-state index in [1.165, 1.54) is 72.3 Å². The first-order valence-electron chi connectivity index (χ1n) is 22.1. The van der Waals surface area contributed by atoms with E-state index in [9.17, 15) is 0 Å². The van der Waals surface area contributed by atoms with Crippen LogP contribution in [0.2, 0.25) is 0 Å². The van der Waals surface area contributed by atoms with Crippen LogP contribution in [-0.2, 0) is 49.3 Å². The molecule has 8 rings (SSSR count). The molecule has 6 aromatic rings. The predicted octanol–water partition coefficient (Wildman–Crippen LogP) is 9.15. The van der Waals surface area contributed by atoms with Gasteiger partial charge in [0.2, 0.25) is 0 Å². The molecule has 0 heterocycles. The quantitative estimate of drug-likeness (QED) is 0.156. The van der Waals surface area contributed by atoms with E-state index in [4.69, 9.17) is 0 Å². The van der Waals surface area contributed by atoms with Crippen molar-refractivity contribution in [2.45, 2.75) is 118 Å². The van der Waals surface area contributed by atoms with E-state index < -0.39 is 21.3 Å². The largest absolute Gasteiger partial charge is 1.00 e. The molecule has 62 heavy (non-hydrogen) atoms. The Labute approximate surface area is 394 Å². The van der Waals surface area contributed by atoms with Crippen LogP contribution < -0.4 is 28.1 Å². The Hall–Kier alpha value is -3.87. The second kappa shape index (κ2) is 18.0. The fourth-order valence-electron chi connectivity index (χ4n) is 9.44. The Kier molecular flexibility index (Phi) is 13.8. The van der Waals surface area contributed by atoms with Gasteiger partial charge >= 0.3 is 372 Å². The number of hydrogen-bond donors (Lipinski definition) is 0. The molecule has 0 saturated carbocycles. The second-order valence-electron chi connectivity index (χ2n) is 21.4. The van der Waals surface area contributed by atoms with Crippen molar-refractivity contribution in [2.24, 2.45) is 0 Å². The molecule has 2 aliphatic rings. The number of benzene rings is 6. The van der Waals surface area contributed by atoms with Gasteiger partial charge in [0.05, 0.1) is 0 Å². The number of allylic oxidation sites excluding steroid dienone is 4. The van der Waals surface area contributed by atoms with Gasteiger partial charge in [0.15, 0.2) is 0 Å². The molecule has 0 nitrogen and oxygen atoms in total. The summed E-state index contributed by atoms with van der Waals surface area (Å²) in [4.78, 5) is 0. The molecule has 0 aromatic heterocycles. The fourth-order valence-corrected chi connectivity index (χ4v) is 17.9. The molecule has 0 spiro atoms. The zero-order valence-corrected chi connectivity index (χ0v) is 43.0. The molecule has 0 aliphatic heterocycles. The third kappa shape index (κ3) is 9.34. The Balaban J connectivity index is 0.00000321. The van der Waals surface area contributed by atoms with Crippen LogP contribution in [0, 0.1) is 0 Å². The molecule has 0 saturated heterocycles. The molecular formula is C59H64Cl2Zr. The molecule has 0 atom stereocenters. The fraction of sp³-hybridized carbons (Fsp3) is 0.305. The maximum atomic E-state index is 2.62. The first-order valence-corrected chi connectivity index (χ1v) is 25.8. The van der Waals surface area contributed by atoms with Gasteiger partial charge in [-0.1, -0.05) is 0 Å². The van der Waals surface area contributed by atoms with Crippen molar-refractivity contribution in [1.29, 1.82) is 0 Å². The molecule has 0 N–H and O–H groups in total. The topological polar surface area (TPSA) is 0 Å². The van der Waals surface area contributed by atoms with Crippen molar-refractivity contribution < 1.29 is 46.1 Å². The van der Waals surface area contributed by atoms with E-state index >= 15 is 0 Å². The van der Waals surface area contributed by atoms with Crippen molar-refractivity contribution in [3.05, 3.63) is 193 Å². The Morgan fingerprint density at radius 2 is 0.968 bits per heavy atom. The van der Waals surface area contributed by atoms with Gasteiger partial charge in [0.1, 0.15) is 0 Å². The van der Waals surface area contributed by atoms with Crippen LogP contribution in [0.4, 0.5) is 0 Å². The summed E-state index contributed by atoms with van der Waals surface area (Å²) in [5.41, 5.74) is 19.8. The summed E-state index contributed by atoms with van der Waals surface area (Å²) in [6.07, 6.45) is 9.22. The minimum absolute atomic E-state index is 0. The van der Waals surface area contributed by atoms with Crippen molar-refractivity contribution in [2.75, 3.05) is 0 Å². The van der Waals surface area contributed by atoms with Crippen molar-refractivity contribution >= 4 is 6.48 Å². The SMILES string of the molecule is CC(C)(C)c1ccc([C](c2ccc(C(C)(C)C)cc2)=[Zr+2]([C]2=CC=CC2)[c]2c3c(cc(C(C)(C)C)c2-c2ccccc2)-c2cc(C(C)(C)C)c(-c4ccccc4)cc2C3)cc1.[Cl-].[Cl-]. The van der Waals surface area contributed by atoms with Crippen LogP contribution in [0.1, 0.15) is 134 Å². The van der Waals surface area contributed by atoms with Crippen LogP contribution in [0.3, 0.4) is 0 Å². The van der Waals surface area contributed by atoms with Gasteiger partial charge in [0, 0.05) is 0 Å². The van der Waals surface area contributed by atoms with Crippen LogP contribution in [0.5, 0.6) is 0 Å². The Morgan fingerprint density at radius 1 is 0.484 bits per heavy atom. The van der Waals surface area contributed by atoms with Gasteiger partial charge in [0.25, 0.3) is 0 Å². The van der Waals surface area contributed by atoms with E-state index in [1.54, 1.807) is 15.3 Å². The second-order valence-corrected chi connectivity index (χ2v) is 27.3. The van der Waals surface area contributed by atoms with Crippen molar-refractivity contribution in [1.82, 2.24) is 0 Å². The third-order valence-electron chi connectivity index (χ3n) is 12.8. The Bertz CT molecular complexity index is 2610. The molecule has 6 aromatic carbocycles. The van der Waals surface area contributed by atoms with Crippen molar-refractivity contribution in [3.8, 4) is 33.4 Å². The molecule has 3 heteroatoms. The van der Waals surface area contributed by atoms with Gasteiger partial charge in [-0.15, -0.1) is 0 Å². The average molecular weight is 935 g/mol. The predicted molar refractivity (Wildman–Crippen MR) is 258 cm³/mol. The number of halogens is 2. The summed E-state index contributed by atoms with van der Waals surface area (Å²) >= 11 is -3.14. The molecule has 318 valence electrons. The first-order chi connectivity index (χ1) is 28.3. The number of hydrogen-bond acceptors (Lipinski definition) is 0. The van der Waals surface area contributed by atoms with Crippen LogP contribution >= 0.6 is 0 Å². The minimum Gasteiger partial charge on any atom is -1.00 e. The maximum Gasteiger partial charge on any atom is -1.00 e. The van der Waals surface area contributed by atoms with Crippen molar-refractivity contribution in [3.63, 3.8) is 0 Å². The van der Waals surface area contributed by atoms with Gasteiger partial charge in [-0.05, 0) is 0 Å².